The van der Waals surface area contributed by atoms with Gasteiger partial charge in [0, 0.05) is 6.42 Å². The molecule has 0 aliphatic carbocycles. The average molecular weight is 330 g/mol. The lowest BCUT2D eigenvalue weighted by molar-refractivity contribution is -0.136. The minimum Gasteiger partial charge on any atom is -0.481 e. The van der Waals surface area contributed by atoms with E-state index >= 15 is 0 Å². The molecule has 1 aromatic carbocycles. The summed E-state index contributed by atoms with van der Waals surface area (Å²) in [5.74, 6) is -2.43. The Hall–Kier alpha value is -2.06. The molecule has 0 radical (unpaired) electrons. The second-order valence-electron chi connectivity index (χ2n) is 3.95. The SMILES string of the molecule is O=C(O)CCc1nnc(NC(=O)c2c(F)cccc2Cl)s1. The summed E-state index contributed by atoms with van der Waals surface area (Å²) < 4.78 is 13.6. The number of benzene rings is 1. The van der Waals surface area contributed by atoms with Gasteiger partial charge in [0.05, 0.1) is 17.0 Å². The lowest BCUT2D eigenvalue weighted by Gasteiger charge is -2.04. The van der Waals surface area contributed by atoms with Gasteiger partial charge in [0.2, 0.25) is 5.13 Å². The van der Waals surface area contributed by atoms with Crippen molar-refractivity contribution >= 4 is 39.9 Å². The molecule has 0 unspecified atom stereocenters. The van der Waals surface area contributed by atoms with Crippen LogP contribution in [0.5, 0.6) is 0 Å². The largest absolute Gasteiger partial charge is 0.481 e. The van der Waals surface area contributed by atoms with Crippen LogP contribution in [0.15, 0.2) is 18.2 Å². The fraction of sp³-hybridized carbons (Fsp3) is 0.167. The number of nitrogens with zero attached hydrogens (tertiary/aromatic N) is 2. The van der Waals surface area contributed by atoms with Gasteiger partial charge in [-0.2, -0.15) is 0 Å². The van der Waals surface area contributed by atoms with Crippen molar-refractivity contribution in [3.05, 3.63) is 39.6 Å². The maximum atomic E-state index is 13.6. The summed E-state index contributed by atoms with van der Waals surface area (Å²) in [6.45, 7) is 0. The van der Waals surface area contributed by atoms with Crippen LogP contribution in [0.2, 0.25) is 5.02 Å². The normalized spacial score (nSPS) is 10.4. The lowest BCUT2D eigenvalue weighted by atomic mass is 10.2. The monoisotopic (exact) mass is 329 g/mol. The highest BCUT2D eigenvalue weighted by Gasteiger charge is 2.17. The minimum atomic E-state index is -0.950. The number of carbonyl (C=O) groups is 2. The van der Waals surface area contributed by atoms with Gasteiger partial charge in [0.15, 0.2) is 0 Å². The zero-order chi connectivity index (χ0) is 15.4. The van der Waals surface area contributed by atoms with Crippen LogP contribution in [-0.2, 0) is 11.2 Å². The molecule has 110 valence electrons. The third-order valence-electron chi connectivity index (χ3n) is 2.43. The van der Waals surface area contributed by atoms with Gasteiger partial charge in [-0.1, -0.05) is 29.0 Å². The summed E-state index contributed by atoms with van der Waals surface area (Å²) in [4.78, 5) is 22.4. The van der Waals surface area contributed by atoms with Crippen molar-refractivity contribution in [3.8, 4) is 0 Å². The highest BCUT2D eigenvalue weighted by molar-refractivity contribution is 7.15. The van der Waals surface area contributed by atoms with Crippen molar-refractivity contribution in [2.24, 2.45) is 0 Å². The number of hydrogen-bond acceptors (Lipinski definition) is 5. The zero-order valence-electron chi connectivity index (χ0n) is 10.5. The number of carboxylic acids is 1. The molecule has 21 heavy (non-hydrogen) atoms. The second-order valence-corrected chi connectivity index (χ2v) is 5.41. The van der Waals surface area contributed by atoms with E-state index in [-0.39, 0.29) is 28.6 Å². The third kappa shape index (κ3) is 3.96. The third-order valence-corrected chi connectivity index (χ3v) is 3.64. The number of aromatic nitrogens is 2. The van der Waals surface area contributed by atoms with Crippen molar-refractivity contribution in [1.82, 2.24) is 10.2 Å². The van der Waals surface area contributed by atoms with Crippen molar-refractivity contribution < 1.29 is 19.1 Å². The first-order chi connectivity index (χ1) is 9.97. The summed E-state index contributed by atoms with van der Waals surface area (Å²) in [5.41, 5.74) is -0.276. The number of aliphatic carboxylic acids is 1. The van der Waals surface area contributed by atoms with E-state index in [9.17, 15) is 14.0 Å². The number of rotatable bonds is 5. The summed E-state index contributed by atoms with van der Waals surface area (Å²) in [6.07, 6.45) is 0.130. The fourth-order valence-electron chi connectivity index (χ4n) is 1.49. The van der Waals surface area contributed by atoms with Gasteiger partial charge in [-0.05, 0) is 12.1 Å². The van der Waals surface area contributed by atoms with E-state index in [1.165, 1.54) is 12.1 Å². The van der Waals surface area contributed by atoms with Crippen LogP contribution in [0.1, 0.15) is 21.8 Å². The van der Waals surface area contributed by atoms with E-state index in [0.29, 0.717) is 5.01 Å². The topological polar surface area (TPSA) is 92.2 Å². The number of nitrogens with one attached hydrogen (secondary N) is 1. The van der Waals surface area contributed by atoms with Crippen molar-refractivity contribution in [1.29, 1.82) is 0 Å². The smallest absolute Gasteiger partial charge is 0.303 e. The molecule has 6 nitrogen and oxygen atoms in total. The van der Waals surface area contributed by atoms with Gasteiger partial charge in [-0.3, -0.25) is 14.9 Å². The van der Waals surface area contributed by atoms with E-state index in [0.717, 1.165) is 17.4 Å². The van der Waals surface area contributed by atoms with Crippen molar-refractivity contribution in [2.45, 2.75) is 12.8 Å². The molecule has 0 bridgehead atoms. The van der Waals surface area contributed by atoms with Gasteiger partial charge in [0.25, 0.3) is 5.91 Å². The molecule has 0 saturated heterocycles. The maximum Gasteiger partial charge on any atom is 0.303 e. The molecular weight excluding hydrogens is 321 g/mol. The Morgan fingerprint density at radius 2 is 2.14 bits per heavy atom. The van der Waals surface area contributed by atoms with E-state index in [4.69, 9.17) is 16.7 Å². The molecule has 1 amide bonds. The first kappa shape index (κ1) is 15.3. The lowest BCUT2D eigenvalue weighted by Crippen LogP contribution is -2.14. The zero-order valence-corrected chi connectivity index (χ0v) is 12.0. The van der Waals surface area contributed by atoms with Gasteiger partial charge < -0.3 is 5.11 Å². The van der Waals surface area contributed by atoms with E-state index in [1.807, 2.05) is 0 Å². The predicted octanol–water partition coefficient (Wildman–Crippen LogP) is 2.60. The van der Waals surface area contributed by atoms with Gasteiger partial charge >= 0.3 is 5.97 Å². The van der Waals surface area contributed by atoms with Crippen LogP contribution in [0, 0.1) is 5.82 Å². The summed E-state index contributed by atoms with van der Waals surface area (Å²) in [6, 6.07) is 3.92. The molecule has 1 aromatic heterocycles. The Labute approximate surface area is 127 Å². The highest BCUT2D eigenvalue weighted by Crippen LogP contribution is 2.22. The maximum absolute atomic E-state index is 13.6. The van der Waals surface area contributed by atoms with Gasteiger partial charge in [-0.25, -0.2) is 4.39 Å². The quantitative estimate of drug-likeness (QED) is 0.879. The molecule has 1 heterocycles. The molecule has 0 atom stereocenters. The number of halogens is 2. The van der Waals surface area contributed by atoms with Gasteiger partial charge in [-0.15, -0.1) is 10.2 Å². The number of hydrogen-bond donors (Lipinski definition) is 2. The molecule has 0 spiro atoms. The highest BCUT2D eigenvalue weighted by atomic mass is 35.5. The van der Waals surface area contributed by atoms with Crippen LogP contribution < -0.4 is 5.32 Å². The number of aryl methyl sites for hydroxylation is 1. The number of amides is 1. The predicted molar refractivity (Wildman–Crippen MR) is 75.2 cm³/mol. The fourth-order valence-corrected chi connectivity index (χ4v) is 2.48. The standard InChI is InChI=1S/C12H9ClFN3O3S/c13-6-2-1-3-7(14)10(6)11(20)15-12-17-16-8(21-12)4-5-9(18)19/h1-3H,4-5H2,(H,18,19)(H,15,17,20). The first-order valence-electron chi connectivity index (χ1n) is 5.77. The second kappa shape index (κ2) is 6.59. The van der Waals surface area contributed by atoms with E-state index in [2.05, 4.69) is 15.5 Å². The van der Waals surface area contributed by atoms with Crippen LogP contribution in [0.25, 0.3) is 0 Å². The Kier molecular flexibility index (Phi) is 4.81. The molecule has 9 heteroatoms. The average Bonchev–Trinajstić information content (AvgIpc) is 2.83. The van der Waals surface area contributed by atoms with Crippen molar-refractivity contribution in [2.75, 3.05) is 5.32 Å². The Morgan fingerprint density at radius 3 is 2.81 bits per heavy atom. The molecule has 0 saturated carbocycles. The number of anilines is 1. The summed E-state index contributed by atoms with van der Waals surface area (Å²) >= 11 is 6.81. The van der Waals surface area contributed by atoms with Crippen LogP contribution in [-0.4, -0.2) is 27.2 Å². The minimum absolute atomic E-state index is 0.0110. The molecule has 0 aliphatic heterocycles. The molecule has 2 aromatic rings. The van der Waals surface area contributed by atoms with Crippen molar-refractivity contribution in [3.63, 3.8) is 0 Å². The van der Waals surface area contributed by atoms with Gasteiger partial charge in [0.1, 0.15) is 10.8 Å². The Balaban J connectivity index is 2.08. The van der Waals surface area contributed by atoms with E-state index in [1.54, 1.807) is 0 Å². The summed E-state index contributed by atoms with van der Waals surface area (Å²) in [5, 5.41) is 19.0. The van der Waals surface area contributed by atoms with E-state index < -0.39 is 17.7 Å². The molecular formula is C12H9ClFN3O3S. The molecule has 0 fully saturated rings. The molecule has 2 N–H and O–H groups in total. The number of carboxylic acid groups (broad SMARTS) is 1. The van der Waals surface area contributed by atoms with Crippen LogP contribution in [0.3, 0.4) is 0 Å². The Morgan fingerprint density at radius 1 is 1.38 bits per heavy atom. The summed E-state index contributed by atoms with van der Waals surface area (Å²) in [7, 11) is 0. The number of carbonyl (C=O) groups excluding carboxylic acids is 1. The van der Waals surface area contributed by atoms with Crippen LogP contribution >= 0.6 is 22.9 Å². The Bertz CT molecular complexity index is 672. The molecule has 0 aliphatic rings. The molecule has 2 rings (SSSR count). The first-order valence-corrected chi connectivity index (χ1v) is 6.96. The van der Waals surface area contributed by atoms with Crippen LogP contribution in [0.4, 0.5) is 9.52 Å².